The van der Waals surface area contributed by atoms with Gasteiger partial charge in [-0.2, -0.15) is 4.39 Å². The standard InChI is InChI=1S/C16H14FN3O/c17-14-8-10(13-5-3-7-21-13)15-16(20-14)11(9-19-15)12-4-1-2-6-18-12/h1-2,4,6,8-9,13,19H,3,5,7H2/t13-/m1/s1. The Bertz CT molecular complexity index is 779. The van der Waals surface area contributed by atoms with Gasteiger partial charge < -0.3 is 9.72 Å². The maximum atomic E-state index is 13.9. The Morgan fingerprint density at radius 2 is 2.29 bits per heavy atom. The van der Waals surface area contributed by atoms with Crippen LogP contribution in [0, 0.1) is 5.95 Å². The van der Waals surface area contributed by atoms with E-state index < -0.39 is 5.95 Å². The highest BCUT2D eigenvalue weighted by Crippen LogP contribution is 2.35. The number of fused-ring (bicyclic) bond motifs is 1. The van der Waals surface area contributed by atoms with Crippen LogP contribution in [0.1, 0.15) is 24.5 Å². The number of ether oxygens (including phenoxy) is 1. The summed E-state index contributed by atoms with van der Waals surface area (Å²) >= 11 is 0. The van der Waals surface area contributed by atoms with E-state index in [9.17, 15) is 4.39 Å². The largest absolute Gasteiger partial charge is 0.373 e. The molecule has 0 radical (unpaired) electrons. The van der Waals surface area contributed by atoms with Crippen molar-refractivity contribution in [1.82, 2.24) is 15.0 Å². The summed E-state index contributed by atoms with van der Waals surface area (Å²) in [6.45, 7) is 0.726. The topological polar surface area (TPSA) is 50.8 Å². The van der Waals surface area contributed by atoms with E-state index >= 15 is 0 Å². The number of pyridine rings is 2. The minimum atomic E-state index is -0.482. The number of H-pyrrole nitrogens is 1. The predicted octanol–water partition coefficient (Wildman–Crippen LogP) is 3.62. The molecule has 0 spiro atoms. The summed E-state index contributed by atoms with van der Waals surface area (Å²) in [7, 11) is 0. The molecule has 5 heteroatoms. The zero-order chi connectivity index (χ0) is 14.2. The van der Waals surface area contributed by atoms with Crippen molar-refractivity contribution in [3.8, 4) is 11.3 Å². The van der Waals surface area contributed by atoms with Crippen LogP contribution < -0.4 is 0 Å². The lowest BCUT2D eigenvalue weighted by molar-refractivity contribution is 0.112. The van der Waals surface area contributed by atoms with Gasteiger partial charge in [-0.15, -0.1) is 0 Å². The van der Waals surface area contributed by atoms with E-state index in [1.807, 2.05) is 24.4 Å². The van der Waals surface area contributed by atoms with E-state index in [1.54, 1.807) is 6.20 Å². The molecule has 1 atom stereocenters. The van der Waals surface area contributed by atoms with Crippen molar-refractivity contribution < 1.29 is 9.13 Å². The maximum absolute atomic E-state index is 13.9. The number of nitrogens with one attached hydrogen (secondary N) is 1. The minimum absolute atomic E-state index is 0.0553. The van der Waals surface area contributed by atoms with Gasteiger partial charge in [0.15, 0.2) is 0 Å². The van der Waals surface area contributed by atoms with Crippen LogP contribution in [0.25, 0.3) is 22.3 Å². The first kappa shape index (κ1) is 12.5. The van der Waals surface area contributed by atoms with E-state index in [4.69, 9.17) is 4.74 Å². The molecular weight excluding hydrogens is 269 g/mol. The molecule has 0 bridgehead atoms. The minimum Gasteiger partial charge on any atom is -0.373 e. The van der Waals surface area contributed by atoms with E-state index in [2.05, 4.69) is 15.0 Å². The molecule has 106 valence electrons. The number of halogens is 1. The molecule has 0 unspecified atom stereocenters. The first-order valence-corrected chi connectivity index (χ1v) is 7.03. The molecule has 1 saturated heterocycles. The van der Waals surface area contributed by atoms with E-state index in [0.29, 0.717) is 5.52 Å². The first-order chi connectivity index (χ1) is 10.3. The summed E-state index contributed by atoms with van der Waals surface area (Å²) < 4.78 is 19.6. The highest BCUT2D eigenvalue weighted by Gasteiger charge is 2.23. The summed E-state index contributed by atoms with van der Waals surface area (Å²) in [6, 6.07) is 7.11. The molecule has 4 heterocycles. The second-order valence-corrected chi connectivity index (χ2v) is 5.18. The van der Waals surface area contributed by atoms with Crippen molar-refractivity contribution in [3.63, 3.8) is 0 Å². The third kappa shape index (κ3) is 2.10. The van der Waals surface area contributed by atoms with Crippen LogP contribution in [-0.2, 0) is 4.74 Å². The van der Waals surface area contributed by atoms with Gasteiger partial charge in [-0.25, -0.2) is 4.98 Å². The number of nitrogens with zero attached hydrogens (tertiary/aromatic N) is 2. The molecule has 1 N–H and O–H groups in total. The average Bonchev–Trinajstić information content (AvgIpc) is 3.17. The van der Waals surface area contributed by atoms with Crippen LogP contribution in [0.5, 0.6) is 0 Å². The first-order valence-electron chi connectivity index (χ1n) is 7.03. The Morgan fingerprint density at radius 3 is 3.05 bits per heavy atom. The zero-order valence-corrected chi connectivity index (χ0v) is 11.3. The van der Waals surface area contributed by atoms with Crippen molar-refractivity contribution in [2.75, 3.05) is 6.61 Å². The van der Waals surface area contributed by atoms with Crippen molar-refractivity contribution in [2.24, 2.45) is 0 Å². The molecule has 0 saturated carbocycles. The lowest BCUT2D eigenvalue weighted by Crippen LogP contribution is -1.99. The molecule has 0 amide bonds. The molecule has 0 aliphatic carbocycles. The molecule has 4 rings (SSSR count). The van der Waals surface area contributed by atoms with Gasteiger partial charge in [0.2, 0.25) is 5.95 Å². The summed E-state index contributed by atoms with van der Waals surface area (Å²) in [5, 5.41) is 0. The van der Waals surface area contributed by atoms with E-state index in [1.165, 1.54) is 6.07 Å². The van der Waals surface area contributed by atoms with E-state index in [-0.39, 0.29) is 6.10 Å². The zero-order valence-electron chi connectivity index (χ0n) is 11.3. The monoisotopic (exact) mass is 283 g/mol. The lowest BCUT2D eigenvalue weighted by atomic mass is 10.1. The molecule has 4 nitrogen and oxygen atoms in total. The van der Waals surface area contributed by atoms with Crippen LogP contribution in [0.2, 0.25) is 0 Å². The second-order valence-electron chi connectivity index (χ2n) is 5.18. The predicted molar refractivity (Wildman–Crippen MR) is 77.2 cm³/mol. The molecular formula is C16H14FN3O. The fraction of sp³-hybridized carbons (Fsp3) is 0.250. The van der Waals surface area contributed by atoms with Crippen molar-refractivity contribution >= 4 is 11.0 Å². The molecule has 1 aliphatic heterocycles. The van der Waals surface area contributed by atoms with Gasteiger partial charge in [-0.3, -0.25) is 4.98 Å². The molecule has 0 aromatic carbocycles. The number of aromatic amines is 1. The van der Waals surface area contributed by atoms with Crippen LogP contribution in [0.3, 0.4) is 0 Å². The van der Waals surface area contributed by atoms with Gasteiger partial charge in [0.25, 0.3) is 0 Å². The van der Waals surface area contributed by atoms with Crippen LogP contribution in [-0.4, -0.2) is 21.6 Å². The van der Waals surface area contributed by atoms with Gasteiger partial charge >= 0.3 is 0 Å². The van der Waals surface area contributed by atoms with Crippen LogP contribution in [0.15, 0.2) is 36.7 Å². The number of rotatable bonds is 2. The Balaban J connectivity index is 1.92. The van der Waals surface area contributed by atoms with Gasteiger partial charge in [-0.1, -0.05) is 6.07 Å². The average molecular weight is 283 g/mol. The van der Waals surface area contributed by atoms with Gasteiger partial charge in [0.1, 0.15) is 5.52 Å². The summed E-state index contributed by atoms with van der Waals surface area (Å²) in [5.41, 5.74) is 3.88. The fourth-order valence-corrected chi connectivity index (χ4v) is 2.89. The van der Waals surface area contributed by atoms with Crippen LogP contribution >= 0.6 is 0 Å². The smallest absolute Gasteiger partial charge is 0.213 e. The maximum Gasteiger partial charge on any atom is 0.213 e. The summed E-state index contributed by atoms with van der Waals surface area (Å²) in [6.07, 6.45) is 5.41. The summed E-state index contributed by atoms with van der Waals surface area (Å²) in [5.74, 6) is -0.482. The van der Waals surface area contributed by atoms with Gasteiger partial charge in [0.05, 0.1) is 17.3 Å². The quantitative estimate of drug-likeness (QED) is 0.731. The second kappa shape index (κ2) is 4.93. The highest BCUT2D eigenvalue weighted by atomic mass is 19.1. The molecule has 3 aromatic rings. The normalized spacial score (nSPS) is 18.4. The van der Waals surface area contributed by atoms with Crippen molar-refractivity contribution in [3.05, 3.63) is 48.2 Å². The summed E-state index contributed by atoms with van der Waals surface area (Å²) in [4.78, 5) is 11.6. The van der Waals surface area contributed by atoms with Crippen LogP contribution in [0.4, 0.5) is 4.39 Å². The Morgan fingerprint density at radius 1 is 1.33 bits per heavy atom. The van der Waals surface area contributed by atoms with Crippen molar-refractivity contribution in [1.29, 1.82) is 0 Å². The molecule has 1 fully saturated rings. The fourth-order valence-electron chi connectivity index (χ4n) is 2.89. The van der Waals surface area contributed by atoms with E-state index in [0.717, 1.165) is 41.8 Å². The third-order valence-corrected chi connectivity index (χ3v) is 3.85. The number of hydrogen-bond donors (Lipinski definition) is 1. The number of hydrogen-bond acceptors (Lipinski definition) is 3. The molecule has 21 heavy (non-hydrogen) atoms. The Labute approximate surface area is 121 Å². The lowest BCUT2D eigenvalue weighted by Gasteiger charge is -2.11. The van der Waals surface area contributed by atoms with Crippen molar-refractivity contribution in [2.45, 2.75) is 18.9 Å². The van der Waals surface area contributed by atoms with Gasteiger partial charge in [0, 0.05) is 36.2 Å². The molecule has 3 aromatic heterocycles. The Kier molecular flexibility index (Phi) is 2.93. The van der Waals surface area contributed by atoms with Gasteiger partial charge in [-0.05, 0) is 25.0 Å². The SMILES string of the molecule is Fc1cc([C@H]2CCCO2)c2[nH]cc(-c3ccccn3)c2n1. The Hall–Kier alpha value is -2.27. The molecule has 1 aliphatic rings. The third-order valence-electron chi connectivity index (χ3n) is 3.85. The highest BCUT2D eigenvalue weighted by molar-refractivity contribution is 5.93. The number of aromatic nitrogens is 3.